The topological polar surface area (TPSA) is 44.1 Å². The van der Waals surface area contributed by atoms with Gasteiger partial charge >= 0.3 is 5.97 Å². The number of hydrogen-bond donors (Lipinski definition) is 0. The fourth-order valence-electron chi connectivity index (χ4n) is 2.46. The summed E-state index contributed by atoms with van der Waals surface area (Å²) in [5.74, 6) is -0.309. The number of ether oxygens (including phenoxy) is 1. The van der Waals surface area contributed by atoms with Crippen LogP contribution in [0.1, 0.15) is 41.4 Å². The van der Waals surface area contributed by atoms with Crippen LogP contribution in [0, 0.1) is 12.7 Å². The second-order valence-electron chi connectivity index (χ2n) is 6.15. The van der Waals surface area contributed by atoms with Crippen LogP contribution in [0.15, 0.2) is 54.6 Å². The first kappa shape index (κ1) is 16.9. The van der Waals surface area contributed by atoms with Crippen LogP contribution in [0.5, 0.6) is 5.88 Å². The van der Waals surface area contributed by atoms with Gasteiger partial charge in [0.05, 0.1) is 16.9 Å². The molecule has 0 spiro atoms. The van der Waals surface area contributed by atoms with Crippen molar-refractivity contribution in [3.8, 4) is 11.6 Å². The average molecular weight is 338 g/mol. The molecule has 0 unspecified atom stereocenters. The molecular formula is C20H19FN2O2. The molecule has 25 heavy (non-hydrogen) atoms. The summed E-state index contributed by atoms with van der Waals surface area (Å²) < 4.78 is 20.3. The Morgan fingerprint density at radius 3 is 2.44 bits per heavy atom. The van der Waals surface area contributed by atoms with E-state index in [-0.39, 0.29) is 11.7 Å². The highest BCUT2D eigenvalue weighted by Crippen LogP contribution is 2.25. The lowest BCUT2D eigenvalue weighted by atomic mass is 10.1. The zero-order valence-corrected chi connectivity index (χ0v) is 14.4. The van der Waals surface area contributed by atoms with Crippen molar-refractivity contribution in [3.63, 3.8) is 0 Å². The third kappa shape index (κ3) is 3.60. The number of aryl methyl sites for hydroxylation is 1. The molecule has 1 heterocycles. The van der Waals surface area contributed by atoms with Gasteiger partial charge in [-0.15, -0.1) is 0 Å². The molecule has 3 aromatic rings. The van der Waals surface area contributed by atoms with Crippen molar-refractivity contribution in [2.24, 2.45) is 0 Å². The van der Waals surface area contributed by atoms with Crippen LogP contribution in [0.25, 0.3) is 5.69 Å². The van der Waals surface area contributed by atoms with E-state index in [1.807, 2.05) is 32.9 Å². The van der Waals surface area contributed by atoms with Gasteiger partial charge in [0.25, 0.3) is 0 Å². The van der Waals surface area contributed by atoms with Crippen molar-refractivity contribution in [2.45, 2.75) is 26.7 Å². The molecule has 0 amide bonds. The number of carbonyl (C=O) groups is 1. The van der Waals surface area contributed by atoms with Gasteiger partial charge in [-0.05, 0) is 48.7 Å². The lowest BCUT2D eigenvalue weighted by Gasteiger charge is -2.09. The lowest BCUT2D eigenvalue weighted by Crippen LogP contribution is -2.13. The molecule has 1 aromatic heterocycles. The Kier molecular flexibility index (Phi) is 4.65. The molecule has 0 aliphatic carbocycles. The number of halogens is 1. The van der Waals surface area contributed by atoms with Gasteiger partial charge in [-0.25, -0.2) is 13.9 Å². The molecule has 5 heteroatoms. The minimum Gasteiger partial charge on any atom is -0.404 e. The highest BCUT2D eigenvalue weighted by atomic mass is 19.1. The van der Waals surface area contributed by atoms with Gasteiger partial charge < -0.3 is 4.74 Å². The number of rotatable bonds is 4. The molecule has 0 aliphatic heterocycles. The molecule has 0 atom stereocenters. The van der Waals surface area contributed by atoms with Crippen molar-refractivity contribution < 1.29 is 13.9 Å². The molecule has 128 valence electrons. The highest BCUT2D eigenvalue weighted by Gasteiger charge is 2.18. The Labute approximate surface area is 145 Å². The van der Waals surface area contributed by atoms with Crippen molar-refractivity contribution in [1.82, 2.24) is 9.78 Å². The van der Waals surface area contributed by atoms with E-state index >= 15 is 0 Å². The van der Waals surface area contributed by atoms with Gasteiger partial charge in [0.2, 0.25) is 5.88 Å². The maximum absolute atomic E-state index is 13.2. The minimum absolute atomic E-state index is 0.164. The summed E-state index contributed by atoms with van der Waals surface area (Å²) in [7, 11) is 0. The number of hydrogen-bond acceptors (Lipinski definition) is 3. The first-order chi connectivity index (χ1) is 12.0. The zero-order chi connectivity index (χ0) is 18.0. The number of aromatic nitrogens is 2. The zero-order valence-electron chi connectivity index (χ0n) is 14.4. The molecule has 3 rings (SSSR count). The number of benzene rings is 2. The third-order valence-electron chi connectivity index (χ3n) is 3.92. The number of nitrogens with zero attached hydrogens (tertiary/aromatic N) is 2. The quantitative estimate of drug-likeness (QED) is 0.650. The Balaban J connectivity index is 1.99. The number of carbonyl (C=O) groups excluding carboxylic acids is 1. The Morgan fingerprint density at radius 2 is 1.80 bits per heavy atom. The fourth-order valence-corrected chi connectivity index (χ4v) is 2.46. The summed E-state index contributed by atoms with van der Waals surface area (Å²) in [5, 5.41) is 4.50. The molecule has 2 aromatic carbocycles. The van der Waals surface area contributed by atoms with Crippen LogP contribution in [0.2, 0.25) is 0 Å². The Bertz CT molecular complexity index is 898. The SMILES string of the molecule is Cc1ccccc1C(=O)Oc1cc(C(C)C)nn1-c1ccc(F)cc1. The second kappa shape index (κ2) is 6.89. The second-order valence-corrected chi connectivity index (χ2v) is 6.15. The Morgan fingerprint density at radius 1 is 1.12 bits per heavy atom. The standard InChI is InChI=1S/C20H19FN2O2/c1-13(2)18-12-19(23(22-18)16-10-8-15(21)9-11-16)25-20(24)17-7-5-4-6-14(17)3/h4-13H,1-3H3. The maximum Gasteiger partial charge on any atom is 0.345 e. The van der Waals surface area contributed by atoms with E-state index in [0.29, 0.717) is 17.1 Å². The number of esters is 1. The fraction of sp³-hybridized carbons (Fsp3) is 0.200. The molecular weight excluding hydrogens is 319 g/mol. The van der Waals surface area contributed by atoms with E-state index in [4.69, 9.17) is 4.74 Å². The first-order valence-corrected chi connectivity index (χ1v) is 8.09. The van der Waals surface area contributed by atoms with Crippen LogP contribution in [0.4, 0.5) is 4.39 Å². The lowest BCUT2D eigenvalue weighted by molar-refractivity contribution is 0.0722. The predicted octanol–water partition coefficient (Wildman–Crippen LogP) is 4.66. The molecule has 0 radical (unpaired) electrons. The van der Waals surface area contributed by atoms with Gasteiger partial charge in [0.15, 0.2) is 0 Å². The monoisotopic (exact) mass is 338 g/mol. The molecule has 0 aliphatic rings. The molecule has 0 fully saturated rings. The summed E-state index contributed by atoms with van der Waals surface area (Å²) >= 11 is 0. The van der Waals surface area contributed by atoms with Gasteiger partial charge in [0, 0.05) is 6.07 Å². The van der Waals surface area contributed by atoms with Crippen LogP contribution in [-0.4, -0.2) is 15.7 Å². The van der Waals surface area contributed by atoms with E-state index in [2.05, 4.69) is 5.10 Å². The van der Waals surface area contributed by atoms with Gasteiger partial charge in [-0.1, -0.05) is 32.0 Å². The molecule has 4 nitrogen and oxygen atoms in total. The van der Waals surface area contributed by atoms with E-state index in [9.17, 15) is 9.18 Å². The van der Waals surface area contributed by atoms with E-state index in [1.54, 1.807) is 30.3 Å². The van der Waals surface area contributed by atoms with E-state index in [0.717, 1.165) is 11.3 Å². The van der Waals surface area contributed by atoms with Crippen LogP contribution < -0.4 is 4.74 Å². The van der Waals surface area contributed by atoms with Crippen LogP contribution >= 0.6 is 0 Å². The molecule has 0 saturated heterocycles. The average Bonchev–Trinajstić information content (AvgIpc) is 3.00. The summed E-state index contributed by atoms with van der Waals surface area (Å²) in [6.07, 6.45) is 0. The normalized spacial score (nSPS) is 10.9. The summed E-state index contributed by atoms with van der Waals surface area (Å²) in [6, 6.07) is 14.9. The summed E-state index contributed by atoms with van der Waals surface area (Å²) in [4.78, 5) is 12.5. The third-order valence-corrected chi connectivity index (χ3v) is 3.92. The van der Waals surface area contributed by atoms with Crippen molar-refractivity contribution in [1.29, 1.82) is 0 Å². The van der Waals surface area contributed by atoms with E-state index in [1.165, 1.54) is 16.8 Å². The largest absolute Gasteiger partial charge is 0.404 e. The first-order valence-electron chi connectivity index (χ1n) is 8.09. The van der Waals surface area contributed by atoms with Crippen molar-refractivity contribution in [2.75, 3.05) is 0 Å². The van der Waals surface area contributed by atoms with E-state index < -0.39 is 5.97 Å². The molecule has 0 saturated carbocycles. The summed E-state index contributed by atoms with van der Waals surface area (Å²) in [5.41, 5.74) is 2.75. The molecule has 0 N–H and O–H groups in total. The van der Waals surface area contributed by atoms with Gasteiger partial charge in [-0.2, -0.15) is 5.10 Å². The van der Waals surface area contributed by atoms with Crippen molar-refractivity contribution in [3.05, 3.63) is 77.2 Å². The van der Waals surface area contributed by atoms with Gasteiger partial charge in [-0.3, -0.25) is 0 Å². The smallest absolute Gasteiger partial charge is 0.345 e. The van der Waals surface area contributed by atoms with Crippen molar-refractivity contribution >= 4 is 5.97 Å². The molecule has 0 bridgehead atoms. The van der Waals surface area contributed by atoms with Crippen LogP contribution in [-0.2, 0) is 0 Å². The maximum atomic E-state index is 13.2. The summed E-state index contributed by atoms with van der Waals surface area (Å²) in [6.45, 7) is 5.86. The Hall–Kier alpha value is -2.95. The van der Waals surface area contributed by atoms with Crippen LogP contribution in [0.3, 0.4) is 0 Å². The predicted molar refractivity (Wildman–Crippen MR) is 93.7 cm³/mol. The van der Waals surface area contributed by atoms with Gasteiger partial charge in [0.1, 0.15) is 5.82 Å². The highest BCUT2D eigenvalue weighted by molar-refractivity contribution is 5.92. The minimum atomic E-state index is -0.448.